The quantitative estimate of drug-likeness (QED) is 0.596. The van der Waals surface area contributed by atoms with Gasteiger partial charge in [0.15, 0.2) is 0 Å². The van der Waals surface area contributed by atoms with Gasteiger partial charge in [0.1, 0.15) is 0 Å². The molecule has 96 valence electrons. The summed E-state index contributed by atoms with van der Waals surface area (Å²) in [5.74, 6) is 0.211. The number of ether oxygens (including phenoxy) is 2. The van der Waals surface area contributed by atoms with Gasteiger partial charge in [0.05, 0.1) is 12.7 Å². The first-order valence-electron chi connectivity index (χ1n) is 5.52. The summed E-state index contributed by atoms with van der Waals surface area (Å²) in [7, 11) is 3.16. The molecule has 0 fully saturated rings. The maximum Gasteiger partial charge on any atom is 0.220 e. The molecule has 5 nitrogen and oxygen atoms in total. The normalized spacial score (nSPS) is 14.5. The number of aliphatic hydroxyl groups excluding tert-OH is 1. The molecule has 0 saturated heterocycles. The topological polar surface area (TPSA) is 67.8 Å². The molecule has 0 aromatic heterocycles. The van der Waals surface area contributed by atoms with Crippen molar-refractivity contribution in [1.29, 1.82) is 0 Å². The number of rotatable bonds is 9. The fourth-order valence-corrected chi connectivity index (χ4v) is 1.39. The number of amides is 1. The lowest BCUT2D eigenvalue weighted by molar-refractivity contribution is -0.122. The Bertz CT molecular complexity index is 187. The van der Waals surface area contributed by atoms with Gasteiger partial charge in [-0.2, -0.15) is 0 Å². The Morgan fingerprint density at radius 3 is 2.50 bits per heavy atom. The van der Waals surface area contributed by atoms with E-state index in [1.165, 1.54) is 7.11 Å². The largest absolute Gasteiger partial charge is 0.391 e. The van der Waals surface area contributed by atoms with Crippen molar-refractivity contribution >= 4 is 5.91 Å². The molecule has 0 bridgehead atoms. The highest BCUT2D eigenvalue weighted by Crippen LogP contribution is 2.01. The average Bonchev–Trinajstić information content (AvgIpc) is 2.18. The molecule has 0 aliphatic carbocycles. The summed E-state index contributed by atoms with van der Waals surface area (Å²) in [6, 6.07) is 0. The van der Waals surface area contributed by atoms with Gasteiger partial charge in [-0.1, -0.05) is 6.92 Å². The molecule has 0 aliphatic rings. The van der Waals surface area contributed by atoms with Gasteiger partial charge < -0.3 is 19.9 Å². The third-order valence-corrected chi connectivity index (χ3v) is 2.14. The molecule has 1 amide bonds. The minimum absolute atomic E-state index is 0.00540. The standard InChI is InChI=1S/C11H23NO4/c1-9(7-15-2)6-11(14)12-5-4-10(13)8-16-3/h9-10,13H,4-8H2,1-3H3,(H,12,14). The zero-order valence-electron chi connectivity index (χ0n) is 10.4. The van der Waals surface area contributed by atoms with Crippen LogP contribution in [0.25, 0.3) is 0 Å². The van der Waals surface area contributed by atoms with Crippen LogP contribution < -0.4 is 5.32 Å². The van der Waals surface area contributed by atoms with Gasteiger partial charge in [-0.25, -0.2) is 0 Å². The minimum Gasteiger partial charge on any atom is -0.391 e. The number of hydrogen-bond acceptors (Lipinski definition) is 4. The van der Waals surface area contributed by atoms with E-state index in [9.17, 15) is 9.90 Å². The molecule has 0 rings (SSSR count). The Balaban J connectivity index is 3.50. The van der Waals surface area contributed by atoms with E-state index >= 15 is 0 Å². The second-order valence-corrected chi connectivity index (χ2v) is 4.01. The van der Waals surface area contributed by atoms with Crippen molar-refractivity contribution in [3.63, 3.8) is 0 Å². The number of methoxy groups -OCH3 is 2. The van der Waals surface area contributed by atoms with Crippen molar-refractivity contribution in [3.8, 4) is 0 Å². The molecule has 0 spiro atoms. The summed E-state index contributed by atoms with van der Waals surface area (Å²) in [6.45, 7) is 3.32. The van der Waals surface area contributed by atoms with Crippen molar-refractivity contribution in [2.75, 3.05) is 34.0 Å². The third kappa shape index (κ3) is 8.64. The van der Waals surface area contributed by atoms with E-state index in [2.05, 4.69) is 5.32 Å². The van der Waals surface area contributed by atoms with Crippen LogP contribution in [-0.2, 0) is 14.3 Å². The van der Waals surface area contributed by atoms with Crippen LogP contribution in [-0.4, -0.2) is 51.1 Å². The zero-order valence-corrected chi connectivity index (χ0v) is 10.4. The van der Waals surface area contributed by atoms with Crippen LogP contribution in [0.2, 0.25) is 0 Å². The Morgan fingerprint density at radius 2 is 1.94 bits per heavy atom. The van der Waals surface area contributed by atoms with Crippen molar-refractivity contribution in [2.45, 2.75) is 25.9 Å². The summed E-state index contributed by atoms with van der Waals surface area (Å²) in [4.78, 5) is 11.4. The lowest BCUT2D eigenvalue weighted by atomic mass is 10.1. The molecule has 5 heteroatoms. The van der Waals surface area contributed by atoms with Crippen LogP contribution in [0.3, 0.4) is 0 Å². The van der Waals surface area contributed by atoms with Gasteiger partial charge in [0, 0.05) is 33.8 Å². The monoisotopic (exact) mass is 233 g/mol. The molecule has 2 atom stereocenters. The molecular weight excluding hydrogens is 210 g/mol. The van der Waals surface area contributed by atoms with Crippen LogP contribution >= 0.6 is 0 Å². The maximum atomic E-state index is 11.4. The van der Waals surface area contributed by atoms with Crippen molar-refractivity contribution in [3.05, 3.63) is 0 Å². The van der Waals surface area contributed by atoms with E-state index in [-0.39, 0.29) is 11.8 Å². The zero-order chi connectivity index (χ0) is 12.4. The van der Waals surface area contributed by atoms with Gasteiger partial charge in [-0.05, 0) is 12.3 Å². The Kier molecular flexibility index (Phi) is 9.18. The predicted octanol–water partition coefficient (Wildman–Crippen LogP) is 0.173. The van der Waals surface area contributed by atoms with Crippen LogP contribution in [0.5, 0.6) is 0 Å². The first-order chi connectivity index (χ1) is 7.60. The number of hydrogen-bond donors (Lipinski definition) is 2. The van der Waals surface area contributed by atoms with Crippen LogP contribution in [0.1, 0.15) is 19.8 Å². The van der Waals surface area contributed by atoms with E-state index in [0.29, 0.717) is 32.6 Å². The Morgan fingerprint density at radius 1 is 1.31 bits per heavy atom. The van der Waals surface area contributed by atoms with Crippen molar-refractivity contribution in [2.24, 2.45) is 5.92 Å². The molecule has 0 aromatic rings. The fraction of sp³-hybridized carbons (Fsp3) is 0.909. The average molecular weight is 233 g/mol. The number of aliphatic hydroxyl groups is 1. The molecule has 2 unspecified atom stereocenters. The smallest absolute Gasteiger partial charge is 0.220 e. The van der Waals surface area contributed by atoms with E-state index in [4.69, 9.17) is 9.47 Å². The van der Waals surface area contributed by atoms with Gasteiger partial charge >= 0.3 is 0 Å². The van der Waals surface area contributed by atoms with Gasteiger partial charge in [-0.3, -0.25) is 4.79 Å². The van der Waals surface area contributed by atoms with Crippen LogP contribution in [0.4, 0.5) is 0 Å². The van der Waals surface area contributed by atoms with E-state index in [0.717, 1.165) is 0 Å². The molecule has 0 aliphatic heterocycles. The Labute approximate surface area is 97.1 Å². The van der Waals surface area contributed by atoms with Gasteiger partial charge in [0.25, 0.3) is 0 Å². The van der Waals surface area contributed by atoms with E-state index < -0.39 is 6.10 Å². The highest BCUT2D eigenvalue weighted by atomic mass is 16.5. The number of carbonyl (C=O) groups is 1. The summed E-state index contributed by atoms with van der Waals surface area (Å²) in [5, 5.41) is 12.1. The summed E-state index contributed by atoms with van der Waals surface area (Å²) < 4.78 is 9.72. The van der Waals surface area contributed by atoms with E-state index in [1.54, 1.807) is 7.11 Å². The molecule has 0 radical (unpaired) electrons. The first kappa shape index (κ1) is 15.3. The highest BCUT2D eigenvalue weighted by Gasteiger charge is 2.09. The summed E-state index contributed by atoms with van der Waals surface area (Å²) in [5.41, 5.74) is 0. The molecule has 16 heavy (non-hydrogen) atoms. The predicted molar refractivity (Wildman–Crippen MR) is 61.2 cm³/mol. The SMILES string of the molecule is COCC(C)CC(=O)NCCC(O)COC. The second-order valence-electron chi connectivity index (χ2n) is 4.01. The van der Waals surface area contributed by atoms with Crippen LogP contribution in [0, 0.1) is 5.92 Å². The lowest BCUT2D eigenvalue weighted by Gasteiger charge is -2.12. The molecular formula is C11H23NO4. The summed E-state index contributed by atoms with van der Waals surface area (Å²) >= 11 is 0. The fourth-order valence-electron chi connectivity index (χ4n) is 1.39. The second kappa shape index (κ2) is 9.57. The Hall–Kier alpha value is -0.650. The summed E-state index contributed by atoms with van der Waals surface area (Å²) in [6.07, 6.45) is 0.452. The minimum atomic E-state index is -0.512. The lowest BCUT2D eigenvalue weighted by Crippen LogP contribution is -2.30. The number of nitrogens with one attached hydrogen (secondary N) is 1. The molecule has 0 heterocycles. The van der Waals surface area contributed by atoms with Crippen molar-refractivity contribution < 1.29 is 19.4 Å². The van der Waals surface area contributed by atoms with Crippen molar-refractivity contribution in [1.82, 2.24) is 5.32 Å². The van der Waals surface area contributed by atoms with Gasteiger partial charge in [-0.15, -0.1) is 0 Å². The third-order valence-electron chi connectivity index (χ3n) is 2.14. The molecule has 0 saturated carbocycles. The van der Waals surface area contributed by atoms with E-state index in [1.807, 2.05) is 6.92 Å². The maximum absolute atomic E-state index is 11.4. The molecule has 0 aromatic carbocycles. The van der Waals surface area contributed by atoms with Crippen LogP contribution in [0.15, 0.2) is 0 Å². The first-order valence-corrected chi connectivity index (χ1v) is 5.52. The molecule has 2 N–H and O–H groups in total. The van der Waals surface area contributed by atoms with Gasteiger partial charge in [0.2, 0.25) is 5.91 Å². The highest BCUT2D eigenvalue weighted by molar-refractivity contribution is 5.76. The number of carbonyl (C=O) groups excluding carboxylic acids is 1.